The van der Waals surface area contributed by atoms with Crippen molar-refractivity contribution in [3.63, 3.8) is 0 Å². The van der Waals surface area contributed by atoms with Crippen LogP contribution in [0.2, 0.25) is 0 Å². The van der Waals surface area contributed by atoms with Gasteiger partial charge in [-0.05, 0) is 61.7 Å². The summed E-state index contributed by atoms with van der Waals surface area (Å²) in [7, 11) is 0. The molecule has 0 saturated heterocycles. The van der Waals surface area contributed by atoms with E-state index in [9.17, 15) is 9.59 Å². The Morgan fingerprint density at radius 1 is 1.10 bits per heavy atom. The minimum Gasteiger partial charge on any atom is -0.481 e. The number of carboxylic acid groups (broad SMARTS) is 1. The van der Waals surface area contributed by atoms with Gasteiger partial charge >= 0.3 is 5.97 Å². The zero-order valence-electron chi connectivity index (χ0n) is 12.7. The minimum absolute atomic E-state index is 0.000224. The molecule has 3 bridgehead atoms. The van der Waals surface area contributed by atoms with Gasteiger partial charge in [-0.25, -0.2) is 0 Å². The molecule has 5 unspecified atom stereocenters. The highest BCUT2D eigenvalue weighted by molar-refractivity contribution is 5.87. The Morgan fingerprint density at radius 3 is 2.50 bits per heavy atom. The molecule has 3 fully saturated rings. The summed E-state index contributed by atoms with van der Waals surface area (Å²) >= 11 is 0. The maximum Gasteiger partial charge on any atom is 0.303 e. The lowest BCUT2D eigenvalue weighted by Gasteiger charge is -2.44. The second-order valence-electron chi connectivity index (χ2n) is 8.26. The van der Waals surface area contributed by atoms with Gasteiger partial charge in [0.1, 0.15) is 5.78 Å². The molecule has 5 atom stereocenters. The average molecular weight is 278 g/mol. The number of aliphatic carboxylic acids is 1. The molecule has 0 aromatic carbocycles. The first kappa shape index (κ1) is 14.1. The summed E-state index contributed by atoms with van der Waals surface area (Å²) in [5.41, 5.74) is 0.143. The van der Waals surface area contributed by atoms with Gasteiger partial charge in [0.25, 0.3) is 0 Å². The number of ketones is 1. The quantitative estimate of drug-likeness (QED) is 0.853. The standard InChI is InChI=1S/C17H26O3/c1-11-5-12-7-16(2)8-13(12)9-17(6-11,10-16)14(18)3-4-15(19)20/h11-13H,3-10H2,1-2H3,(H,19,20). The Bertz CT molecular complexity index is 444. The zero-order valence-corrected chi connectivity index (χ0v) is 12.7. The van der Waals surface area contributed by atoms with Crippen molar-refractivity contribution < 1.29 is 14.7 Å². The molecule has 0 amide bonds. The van der Waals surface area contributed by atoms with Crippen LogP contribution in [0.25, 0.3) is 0 Å². The van der Waals surface area contributed by atoms with Crippen molar-refractivity contribution in [2.75, 3.05) is 0 Å². The topological polar surface area (TPSA) is 54.4 Å². The van der Waals surface area contributed by atoms with Crippen molar-refractivity contribution >= 4 is 11.8 Å². The molecule has 0 radical (unpaired) electrons. The van der Waals surface area contributed by atoms with Crippen molar-refractivity contribution in [1.82, 2.24) is 0 Å². The Kier molecular flexibility index (Phi) is 3.22. The highest BCUT2D eigenvalue weighted by Gasteiger charge is 2.58. The van der Waals surface area contributed by atoms with Gasteiger partial charge in [0.05, 0.1) is 6.42 Å². The van der Waals surface area contributed by atoms with E-state index < -0.39 is 5.97 Å². The Morgan fingerprint density at radius 2 is 1.80 bits per heavy atom. The van der Waals surface area contributed by atoms with E-state index in [0.717, 1.165) is 25.2 Å². The fraction of sp³-hybridized carbons (Fsp3) is 0.882. The van der Waals surface area contributed by atoms with Crippen molar-refractivity contribution in [2.45, 2.75) is 65.2 Å². The second-order valence-corrected chi connectivity index (χ2v) is 8.26. The largest absolute Gasteiger partial charge is 0.481 e. The number of rotatable bonds is 4. The van der Waals surface area contributed by atoms with Gasteiger partial charge in [0.15, 0.2) is 0 Å². The molecule has 112 valence electrons. The second kappa shape index (κ2) is 4.57. The van der Waals surface area contributed by atoms with E-state index in [0.29, 0.717) is 17.3 Å². The van der Waals surface area contributed by atoms with Gasteiger partial charge in [-0.2, -0.15) is 0 Å². The number of carbonyl (C=O) groups is 2. The highest BCUT2D eigenvalue weighted by atomic mass is 16.4. The van der Waals surface area contributed by atoms with Crippen LogP contribution in [0.15, 0.2) is 0 Å². The molecule has 3 nitrogen and oxygen atoms in total. The number of carboxylic acids is 1. The third-order valence-electron chi connectivity index (χ3n) is 6.20. The molecule has 0 aromatic rings. The number of carbonyl (C=O) groups excluding carboxylic acids is 1. The normalized spacial score (nSPS) is 46.2. The van der Waals surface area contributed by atoms with Gasteiger partial charge in [-0.1, -0.05) is 13.8 Å². The lowest BCUT2D eigenvalue weighted by Crippen LogP contribution is -2.41. The summed E-state index contributed by atoms with van der Waals surface area (Å²) in [5, 5.41) is 8.85. The van der Waals surface area contributed by atoms with E-state index in [1.807, 2.05) is 0 Å². The van der Waals surface area contributed by atoms with Gasteiger partial charge in [-0.15, -0.1) is 0 Å². The van der Waals surface area contributed by atoms with Gasteiger partial charge < -0.3 is 5.11 Å². The Hall–Kier alpha value is -0.860. The van der Waals surface area contributed by atoms with Gasteiger partial charge in [-0.3, -0.25) is 9.59 Å². The van der Waals surface area contributed by atoms with Gasteiger partial charge in [0, 0.05) is 11.8 Å². The highest BCUT2D eigenvalue weighted by Crippen LogP contribution is 2.65. The summed E-state index contributed by atoms with van der Waals surface area (Å²) in [6, 6.07) is 0. The van der Waals surface area contributed by atoms with Crippen LogP contribution in [-0.4, -0.2) is 16.9 Å². The zero-order chi connectivity index (χ0) is 14.5. The van der Waals surface area contributed by atoms with E-state index in [1.165, 1.54) is 19.3 Å². The summed E-state index contributed by atoms with van der Waals surface area (Å²) in [6.45, 7) is 4.64. The van der Waals surface area contributed by atoms with E-state index in [-0.39, 0.29) is 24.0 Å². The Labute approximate surface area is 121 Å². The third kappa shape index (κ3) is 2.29. The van der Waals surface area contributed by atoms with Crippen LogP contribution in [0, 0.1) is 28.6 Å². The first-order chi connectivity index (χ1) is 9.32. The molecule has 3 aliphatic rings. The average Bonchev–Trinajstić information content (AvgIpc) is 2.49. The number of hydrogen-bond acceptors (Lipinski definition) is 2. The van der Waals surface area contributed by atoms with Gasteiger partial charge in [0.2, 0.25) is 0 Å². The van der Waals surface area contributed by atoms with Crippen LogP contribution in [0.5, 0.6) is 0 Å². The van der Waals surface area contributed by atoms with E-state index >= 15 is 0 Å². The lowest BCUT2D eigenvalue weighted by molar-refractivity contribution is -0.142. The molecule has 0 aromatic heterocycles. The summed E-state index contributed by atoms with van der Waals surface area (Å²) in [5.74, 6) is 1.53. The molecule has 20 heavy (non-hydrogen) atoms. The molecule has 0 spiro atoms. The minimum atomic E-state index is -0.848. The molecular formula is C17H26O3. The molecular weight excluding hydrogens is 252 g/mol. The smallest absolute Gasteiger partial charge is 0.303 e. The van der Waals surface area contributed by atoms with Crippen LogP contribution in [-0.2, 0) is 9.59 Å². The summed E-state index contributed by atoms with van der Waals surface area (Å²) in [6.07, 6.45) is 7.12. The number of fused-ring (bicyclic) bond motifs is 2. The molecule has 1 N–H and O–H groups in total. The molecule has 0 heterocycles. The number of hydrogen-bond donors (Lipinski definition) is 1. The predicted octanol–water partition coefficient (Wildman–Crippen LogP) is 3.66. The fourth-order valence-corrected chi connectivity index (χ4v) is 5.97. The Balaban J connectivity index is 1.86. The van der Waals surface area contributed by atoms with E-state index in [2.05, 4.69) is 13.8 Å². The first-order valence-electron chi connectivity index (χ1n) is 8.07. The van der Waals surface area contributed by atoms with Crippen molar-refractivity contribution in [3.05, 3.63) is 0 Å². The maximum atomic E-state index is 12.8. The number of Topliss-reactive ketones (excluding diaryl/α,β-unsaturated/α-hetero) is 1. The predicted molar refractivity (Wildman–Crippen MR) is 76.3 cm³/mol. The van der Waals surface area contributed by atoms with Crippen LogP contribution in [0.3, 0.4) is 0 Å². The third-order valence-corrected chi connectivity index (χ3v) is 6.20. The van der Waals surface area contributed by atoms with Crippen molar-refractivity contribution in [2.24, 2.45) is 28.6 Å². The van der Waals surface area contributed by atoms with Crippen molar-refractivity contribution in [3.8, 4) is 0 Å². The summed E-state index contributed by atoms with van der Waals surface area (Å²) in [4.78, 5) is 23.5. The van der Waals surface area contributed by atoms with E-state index in [4.69, 9.17) is 5.11 Å². The van der Waals surface area contributed by atoms with Crippen LogP contribution in [0.4, 0.5) is 0 Å². The fourth-order valence-electron chi connectivity index (χ4n) is 5.97. The first-order valence-corrected chi connectivity index (χ1v) is 8.07. The maximum absolute atomic E-state index is 12.8. The summed E-state index contributed by atoms with van der Waals surface area (Å²) < 4.78 is 0. The SMILES string of the molecule is CC1CC2CC3(C)CC2CC(C(=O)CCC(=O)O)(C1)C3. The molecule has 3 heteroatoms. The van der Waals surface area contributed by atoms with Crippen LogP contribution < -0.4 is 0 Å². The van der Waals surface area contributed by atoms with Crippen LogP contribution >= 0.6 is 0 Å². The van der Waals surface area contributed by atoms with Crippen LogP contribution in [0.1, 0.15) is 65.2 Å². The molecule has 3 saturated carbocycles. The molecule has 0 aliphatic heterocycles. The van der Waals surface area contributed by atoms with Crippen molar-refractivity contribution in [1.29, 1.82) is 0 Å². The van der Waals surface area contributed by atoms with E-state index in [1.54, 1.807) is 0 Å². The molecule has 3 aliphatic carbocycles. The lowest BCUT2D eigenvalue weighted by atomic mass is 9.58. The molecule has 3 rings (SSSR count). The monoisotopic (exact) mass is 278 g/mol.